The van der Waals surface area contributed by atoms with Crippen molar-refractivity contribution in [2.75, 3.05) is 26.2 Å². The van der Waals surface area contributed by atoms with Crippen molar-refractivity contribution in [3.05, 3.63) is 0 Å². The summed E-state index contributed by atoms with van der Waals surface area (Å²) in [5, 5.41) is 6.78. The number of hydrogen-bond acceptors (Lipinski definition) is 3. The predicted octanol–water partition coefficient (Wildman–Crippen LogP) is 1.22. The maximum Gasteiger partial charge on any atom is 0.0995 e. The minimum Gasteiger partial charge on any atom is -0.374 e. The van der Waals surface area contributed by atoms with E-state index in [9.17, 15) is 0 Å². The lowest BCUT2D eigenvalue weighted by atomic mass is 9.96. The minimum atomic E-state index is 0. The molecule has 0 amide bonds. The van der Waals surface area contributed by atoms with Crippen LogP contribution in [0.2, 0.25) is 0 Å². The SMILES string of the molecule is C1CN=C(C2CCNCC2)NC1.Cl.Cl. The first kappa shape index (κ1) is 14.0. The van der Waals surface area contributed by atoms with E-state index in [1.165, 1.54) is 25.1 Å². The number of amidine groups is 1. The van der Waals surface area contributed by atoms with Gasteiger partial charge in [-0.3, -0.25) is 4.99 Å². The molecule has 14 heavy (non-hydrogen) atoms. The molecule has 2 heterocycles. The Morgan fingerprint density at radius 3 is 2.36 bits per heavy atom. The number of rotatable bonds is 1. The summed E-state index contributed by atoms with van der Waals surface area (Å²) in [6.45, 7) is 4.48. The van der Waals surface area contributed by atoms with Crippen molar-refractivity contribution < 1.29 is 0 Å². The number of nitrogens with zero attached hydrogens (tertiary/aromatic N) is 1. The first-order chi connectivity index (χ1) is 5.97. The number of hydrogen-bond donors (Lipinski definition) is 2. The second kappa shape index (κ2) is 7.32. The van der Waals surface area contributed by atoms with Crippen LogP contribution in [-0.4, -0.2) is 32.0 Å². The molecule has 2 aliphatic rings. The van der Waals surface area contributed by atoms with Gasteiger partial charge in [0.15, 0.2) is 0 Å². The molecule has 3 nitrogen and oxygen atoms in total. The Hall–Kier alpha value is 0.01000. The second-order valence-corrected chi connectivity index (χ2v) is 3.57. The van der Waals surface area contributed by atoms with Crippen LogP contribution in [0.4, 0.5) is 0 Å². The quantitative estimate of drug-likeness (QED) is 0.723. The van der Waals surface area contributed by atoms with Crippen molar-refractivity contribution in [2.24, 2.45) is 10.9 Å². The highest BCUT2D eigenvalue weighted by Crippen LogP contribution is 2.13. The molecule has 2 N–H and O–H groups in total. The Morgan fingerprint density at radius 1 is 1.07 bits per heavy atom. The van der Waals surface area contributed by atoms with Gasteiger partial charge in [-0.1, -0.05) is 0 Å². The van der Waals surface area contributed by atoms with E-state index in [0.29, 0.717) is 5.92 Å². The molecule has 5 heteroatoms. The van der Waals surface area contributed by atoms with E-state index >= 15 is 0 Å². The lowest BCUT2D eigenvalue weighted by molar-refractivity contribution is 0.444. The molecule has 1 fully saturated rings. The third-order valence-electron chi connectivity index (χ3n) is 2.65. The molecule has 0 bridgehead atoms. The van der Waals surface area contributed by atoms with Crippen LogP contribution in [0, 0.1) is 5.92 Å². The third kappa shape index (κ3) is 3.64. The lowest BCUT2D eigenvalue weighted by Gasteiger charge is -2.26. The molecule has 0 aromatic heterocycles. The molecule has 2 aliphatic heterocycles. The van der Waals surface area contributed by atoms with Gasteiger partial charge >= 0.3 is 0 Å². The Labute approximate surface area is 97.9 Å². The maximum atomic E-state index is 4.53. The van der Waals surface area contributed by atoms with Gasteiger partial charge in [0.05, 0.1) is 5.84 Å². The third-order valence-corrected chi connectivity index (χ3v) is 2.65. The van der Waals surface area contributed by atoms with E-state index in [4.69, 9.17) is 0 Å². The highest BCUT2D eigenvalue weighted by molar-refractivity contribution is 5.86. The topological polar surface area (TPSA) is 36.4 Å². The van der Waals surface area contributed by atoms with Crippen LogP contribution >= 0.6 is 24.8 Å². The van der Waals surface area contributed by atoms with Gasteiger partial charge in [0.2, 0.25) is 0 Å². The van der Waals surface area contributed by atoms with Gasteiger partial charge in [-0.2, -0.15) is 0 Å². The maximum absolute atomic E-state index is 4.53. The fourth-order valence-electron chi connectivity index (χ4n) is 1.92. The van der Waals surface area contributed by atoms with Gasteiger partial charge in [-0.15, -0.1) is 24.8 Å². The zero-order valence-corrected chi connectivity index (χ0v) is 9.92. The molecule has 1 saturated heterocycles. The fourth-order valence-corrected chi connectivity index (χ4v) is 1.92. The van der Waals surface area contributed by atoms with Gasteiger partial charge in [-0.05, 0) is 32.4 Å². The van der Waals surface area contributed by atoms with Crippen LogP contribution < -0.4 is 10.6 Å². The van der Waals surface area contributed by atoms with Crippen LogP contribution in [0.15, 0.2) is 4.99 Å². The van der Waals surface area contributed by atoms with Crippen LogP contribution in [0.3, 0.4) is 0 Å². The summed E-state index contributed by atoms with van der Waals surface area (Å²) >= 11 is 0. The standard InChI is InChI=1S/C9H17N3.2ClH/c1-4-11-9(12-5-1)8-2-6-10-7-3-8;;/h8,10H,1-7H2,(H,11,12);2*1H. The number of piperidine rings is 1. The average Bonchev–Trinajstić information content (AvgIpc) is 2.21. The largest absolute Gasteiger partial charge is 0.374 e. The first-order valence-electron chi connectivity index (χ1n) is 4.96. The Morgan fingerprint density at radius 2 is 1.79 bits per heavy atom. The normalized spacial score (nSPS) is 22.4. The summed E-state index contributed by atoms with van der Waals surface area (Å²) < 4.78 is 0. The second-order valence-electron chi connectivity index (χ2n) is 3.57. The molecular weight excluding hydrogens is 221 g/mol. The summed E-state index contributed by atoms with van der Waals surface area (Å²) in [7, 11) is 0. The van der Waals surface area contributed by atoms with Gasteiger partial charge in [0.1, 0.15) is 0 Å². The molecule has 0 saturated carbocycles. The number of halogens is 2. The van der Waals surface area contributed by atoms with E-state index in [0.717, 1.165) is 26.2 Å². The zero-order chi connectivity index (χ0) is 8.23. The molecule has 2 rings (SSSR count). The van der Waals surface area contributed by atoms with Gasteiger partial charge in [0.25, 0.3) is 0 Å². The van der Waals surface area contributed by atoms with Gasteiger partial charge < -0.3 is 10.6 Å². The predicted molar refractivity (Wildman–Crippen MR) is 65.0 cm³/mol. The number of aliphatic imine (C=N–C) groups is 1. The molecule has 0 atom stereocenters. The number of nitrogens with one attached hydrogen (secondary N) is 2. The summed E-state index contributed by atoms with van der Waals surface area (Å²) in [5.41, 5.74) is 0. The van der Waals surface area contributed by atoms with E-state index in [1.807, 2.05) is 0 Å². The summed E-state index contributed by atoms with van der Waals surface area (Å²) in [4.78, 5) is 4.53. The van der Waals surface area contributed by atoms with Gasteiger partial charge in [0, 0.05) is 19.0 Å². The smallest absolute Gasteiger partial charge is 0.0995 e. The summed E-state index contributed by atoms with van der Waals surface area (Å²) in [6, 6.07) is 0. The van der Waals surface area contributed by atoms with E-state index in [1.54, 1.807) is 0 Å². The fraction of sp³-hybridized carbons (Fsp3) is 0.889. The summed E-state index contributed by atoms with van der Waals surface area (Å²) in [5.74, 6) is 1.99. The minimum absolute atomic E-state index is 0. The molecule has 0 aromatic rings. The van der Waals surface area contributed by atoms with Crippen molar-refractivity contribution >= 4 is 30.6 Å². The first-order valence-corrected chi connectivity index (χ1v) is 4.96. The van der Waals surface area contributed by atoms with Crippen molar-refractivity contribution in [3.8, 4) is 0 Å². The van der Waals surface area contributed by atoms with Crippen molar-refractivity contribution in [1.29, 1.82) is 0 Å². The monoisotopic (exact) mass is 239 g/mol. The van der Waals surface area contributed by atoms with Crippen LogP contribution in [0.1, 0.15) is 19.3 Å². The highest BCUT2D eigenvalue weighted by atomic mass is 35.5. The molecule has 84 valence electrons. The molecule has 0 radical (unpaired) electrons. The lowest BCUT2D eigenvalue weighted by Crippen LogP contribution is -2.40. The molecule has 0 unspecified atom stereocenters. The van der Waals surface area contributed by atoms with Crippen molar-refractivity contribution in [1.82, 2.24) is 10.6 Å². The molecule has 0 aliphatic carbocycles. The Kier molecular flexibility index (Phi) is 7.33. The van der Waals surface area contributed by atoms with E-state index < -0.39 is 0 Å². The Balaban J connectivity index is 0.000000845. The zero-order valence-electron chi connectivity index (χ0n) is 8.29. The van der Waals surface area contributed by atoms with E-state index in [2.05, 4.69) is 15.6 Å². The van der Waals surface area contributed by atoms with Crippen LogP contribution in [-0.2, 0) is 0 Å². The average molecular weight is 240 g/mol. The van der Waals surface area contributed by atoms with Gasteiger partial charge in [-0.25, -0.2) is 0 Å². The molecular formula is C9H19Cl2N3. The molecule has 0 spiro atoms. The van der Waals surface area contributed by atoms with Crippen molar-refractivity contribution in [2.45, 2.75) is 19.3 Å². The van der Waals surface area contributed by atoms with Crippen LogP contribution in [0.25, 0.3) is 0 Å². The van der Waals surface area contributed by atoms with Crippen LogP contribution in [0.5, 0.6) is 0 Å². The highest BCUT2D eigenvalue weighted by Gasteiger charge is 2.19. The Bertz CT molecular complexity index is 179. The molecule has 0 aromatic carbocycles. The van der Waals surface area contributed by atoms with E-state index in [-0.39, 0.29) is 24.8 Å². The van der Waals surface area contributed by atoms with Crippen molar-refractivity contribution in [3.63, 3.8) is 0 Å². The summed E-state index contributed by atoms with van der Waals surface area (Å²) in [6.07, 6.45) is 3.71.